The number of alkyl carbamates (subject to hydrolysis) is 1. The third kappa shape index (κ3) is 9.16. The molecule has 2 N–H and O–H groups in total. The highest BCUT2D eigenvalue weighted by molar-refractivity contribution is 6.12. The van der Waals surface area contributed by atoms with Gasteiger partial charge in [-0.05, 0) is 94.5 Å². The van der Waals surface area contributed by atoms with Crippen molar-refractivity contribution in [2.45, 2.75) is 97.4 Å². The number of anilines is 1. The van der Waals surface area contributed by atoms with Crippen molar-refractivity contribution in [2.24, 2.45) is 0 Å². The standard InChI is InChI=1S/C40H48FN3O5/c1-26(2)35-34(37(45)43-30-16-12-9-13-17-30)33(27-14-10-8-11-15-27)36(28-18-20-29(41)21-19-28)44(35)23-22-31-24-32(48-40(6,7)47-31)25-42-38(46)49-39(3,4)5/h8-21,26,31-32H,22-25H2,1-7H3,(H,42,46)(H,43,45)/t31-,32?/m1/s1. The monoisotopic (exact) mass is 669 g/mol. The first-order valence-electron chi connectivity index (χ1n) is 17.0. The molecule has 1 saturated heterocycles. The molecule has 1 aliphatic heterocycles. The van der Waals surface area contributed by atoms with E-state index in [1.807, 2.05) is 95.3 Å². The molecule has 4 aromatic rings. The Morgan fingerprint density at radius 2 is 1.53 bits per heavy atom. The van der Waals surface area contributed by atoms with Crippen LogP contribution in [0.3, 0.4) is 0 Å². The highest BCUT2D eigenvalue weighted by Gasteiger charge is 2.37. The maximum atomic E-state index is 14.4. The molecular weight excluding hydrogens is 621 g/mol. The van der Waals surface area contributed by atoms with E-state index in [1.54, 1.807) is 12.1 Å². The van der Waals surface area contributed by atoms with Crippen LogP contribution in [0, 0.1) is 5.82 Å². The molecule has 1 aromatic heterocycles. The van der Waals surface area contributed by atoms with Crippen LogP contribution in [0.4, 0.5) is 14.9 Å². The Labute approximate surface area is 289 Å². The zero-order valence-corrected chi connectivity index (χ0v) is 29.5. The second-order valence-corrected chi connectivity index (χ2v) is 14.3. The van der Waals surface area contributed by atoms with Crippen LogP contribution in [0.25, 0.3) is 22.4 Å². The first kappa shape index (κ1) is 35.8. The predicted octanol–water partition coefficient (Wildman–Crippen LogP) is 9.16. The number of nitrogens with one attached hydrogen (secondary N) is 2. The van der Waals surface area contributed by atoms with Crippen LogP contribution in [-0.2, 0) is 20.8 Å². The number of rotatable bonds is 10. The van der Waals surface area contributed by atoms with Gasteiger partial charge in [0, 0.05) is 36.5 Å². The lowest BCUT2D eigenvalue weighted by Crippen LogP contribution is -2.49. The molecule has 49 heavy (non-hydrogen) atoms. The Kier molecular flexibility index (Phi) is 10.9. The zero-order valence-electron chi connectivity index (χ0n) is 29.5. The van der Waals surface area contributed by atoms with Crippen molar-refractivity contribution in [1.82, 2.24) is 9.88 Å². The van der Waals surface area contributed by atoms with E-state index in [-0.39, 0.29) is 36.4 Å². The van der Waals surface area contributed by atoms with E-state index in [0.717, 1.165) is 28.1 Å². The smallest absolute Gasteiger partial charge is 0.407 e. The number of carbonyl (C=O) groups excluding carboxylic acids is 2. The molecular formula is C40H48FN3O5. The first-order valence-corrected chi connectivity index (χ1v) is 17.0. The molecule has 0 radical (unpaired) electrons. The van der Waals surface area contributed by atoms with Crippen molar-refractivity contribution >= 4 is 17.7 Å². The minimum atomic E-state index is -0.878. The van der Waals surface area contributed by atoms with E-state index >= 15 is 0 Å². The topological polar surface area (TPSA) is 90.8 Å². The van der Waals surface area contributed by atoms with Gasteiger partial charge in [-0.15, -0.1) is 0 Å². The van der Waals surface area contributed by atoms with Crippen molar-refractivity contribution in [3.05, 3.63) is 102 Å². The lowest BCUT2D eigenvalue weighted by molar-refractivity contribution is -0.299. The predicted molar refractivity (Wildman–Crippen MR) is 191 cm³/mol. The van der Waals surface area contributed by atoms with Crippen molar-refractivity contribution in [3.8, 4) is 22.4 Å². The molecule has 2 heterocycles. The highest BCUT2D eigenvalue weighted by Crippen LogP contribution is 2.43. The lowest BCUT2D eigenvalue weighted by Gasteiger charge is -2.41. The Hall–Kier alpha value is -4.47. The molecule has 0 spiro atoms. The molecule has 0 bridgehead atoms. The lowest BCUT2D eigenvalue weighted by atomic mass is 9.94. The van der Waals surface area contributed by atoms with E-state index in [2.05, 4.69) is 29.0 Å². The van der Waals surface area contributed by atoms with Gasteiger partial charge in [-0.1, -0.05) is 62.4 Å². The second-order valence-electron chi connectivity index (χ2n) is 14.3. The molecule has 1 aliphatic rings. The normalized spacial score (nSPS) is 17.5. The fourth-order valence-electron chi connectivity index (χ4n) is 6.51. The molecule has 9 heteroatoms. The molecule has 2 atom stereocenters. The molecule has 1 fully saturated rings. The summed E-state index contributed by atoms with van der Waals surface area (Å²) in [5.41, 5.74) is 4.86. The molecule has 8 nitrogen and oxygen atoms in total. The molecule has 3 aromatic carbocycles. The summed E-state index contributed by atoms with van der Waals surface area (Å²) in [6.45, 7) is 14.2. The maximum Gasteiger partial charge on any atom is 0.407 e. The van der Waals surface area contributed by atoms with Crippen molar-refractivity contribution < 1.29 is 28.2 Å². The Bertz CT molecular complexity index is 1730. The summed E-state index contributed by atoms with van der Waals surface area (Å²) in [4.78, 5) is 26.8. The van der Waals surface area contributed by atoms with E-state index in [0.29, 0.717) is 30.6 Å². The van der Waals surface area contributed by atoms with Crippen LogP contribution in [0.5, 0.6) is 0 Å². The Morgan fingerprint density at radius 3 is 2.14 bits per heavy atom. The van der Waals surface area contributed by atoms with E-state index in [9.17, 15) is 14.0 Å². The number of carbonyl (C=O) groups is 2. The number of hydrogen-bond donors (Lipinski definition) is 2. The molecule has 0 saturated carbocycles. The largest absolute Gasteiger partial charge is 0.444 e. The number of hydrogen-bond acceptors (Lipinski definition) is 5. The zero-order chi connectivity index (χ0) is 35.3. The number of benzene rings is 3. The fraction of sp³-hybridized carbons (Fsp3) is 0.400. The van der Waals surface area contributed by atoms with Crippen LogP contribution in [0.2, 0.25) is 0 Å². The number of aromatic nitrogens is 1. The van der Waals surface area contributed by atoms with E-state index in [1.165, 1.54) is 12.1 Å². The number of halogens is 1. The number of nitrogens with zero attached hydrogens (tertiary/aromatic N) is 1. The van der Waals surface area contributed by atoms with Crippen LogP contribution in [0.15, 0.2) is 84.9 Å². The van der Waals surface area contributed by atoms with Gasteiger partial charge < -0.3 is 29.4 Å². The van der Waals surface area contributed by atoms with Crippen LogP contribution < -0.4 is 10.6 Å². The van der Waals surface area contributed by atoms with Crippen molar-refractivity contribution in [1.29, 1.82) is 0 Å². The second kappa shape index (κ2) is 15.0. The molecule has 2 amide bonds. The molecule has 260 valence electrons. The van der Waals surface area contributed by atoms with Gasteiger partial charge in [-0.3, -0.25) is 4.79 Å². The van der Waals surface area contributed by atoms with E-state index in [4.69, 9.17) is 14.2 Å². The molecule has 1 unspecified atom stereocenters. The van der Waals surface area contributed by atoms with Gasteiger partial charge in [-0.2, -0.15) is 0 Å². The van der Waals surface area contributed by atoms with Crippen LogP contribution in [0.1, 0.15) is 83.3 Å². The van der Waals surface area contributed by atoms with Gasteiger partial charge in [-0.25, -0.2) is 9.18 Å². The van der Waals surface area contributed by atoms with Crippen molar-refractivity contribution in [3.63, 3.8) is 0 Å². The first-order chi connectivity index (χ1) is 23.2. The van der Waals surface area contributed by atoms with Gasteiger partial charge in [0.05, 0.1) is 23.5 Å². The van der Waals surface area contributed by atoms with E-state index < -0.39 is 17.5 Å². The summed E-state index contributed by atoms with van der Waals surface area (Å²) in [6, 6.07) is 25.7. The average molecular weight is 670 g/mol. The maximum absolute atomic E-state index is 14.4. The molecule has 5 rings (SSSR count). The SMILES string of the molecule is CC(C)c1c(C(=O)Nc2ccccc2)c(-c2ccccc2)c(-c2ccc(F)cc2)n1CC[C@@H]1CC(CNC(=O)OC(C)(C)C)OC(C)(C)O1. The quantitative estimate of drug-likeness (QED) is 0.176. The fourth-order valence-corrected chi connectivity index (χ4v) is 6.51. The Balaban J connectivity index is 1.55. The van der Waals surface area contributed by atoms with Crippen molar-refractivity contribution in [2.75, 3.05) is 11.9 Å². The summed E-state index contributed by atoms with van der Waals surface area (Å²) in [5.74, 6) is -1.46. The average Bonchev–Trinajstić information content (AvgIpc) is 3.38. The minimum Gasteiger partial charge on any atom is -0.444 e. The van der Waals surface area contributed by atoms with Gasteiger partial charge in [0.1, 0.15) is 11.4 Å². The van der Waals surface area contributed by atoms with Gasteiger partial charge in [0.2, 0.25) is 0 Å². The van der Waals surface area contributed by atoms with Crippen LogP contribution in [-0.4, -0.2) is 46.7 Å². The number of para-hydroxylation sites is 1. The summed E-state index contributed by atoms with van der Waals surface area (Å²) in [7, 11) is 0. The third-order valence-electron chi connectivity index (χ3n) is 8.26. The summed E-state index contributed by atoms with van der Waals surface area (Å²) >= 11 is 0. The summed E-state index contributed by atoms with van der Waals surface area (Å²) < 4.78 is 34.5. The number of ether oxygens (including phenoxy) is 3. The van der Waals surface area contributed by atoms with Gasteiger partial charge >= 0.3 is 6.09 Å². The minimum absolute atomic E-state index is 0.0361. The summed E-state index contributed by atoms with van der Waals surface area (Å²) in [6.07, 6.45) is 0.158. The third-order valence-corrected chi connectivity index (χ3v) is 8.26. The highest BCUT2D eigenvalue weighted by atomic mass is 19.1. The van der Waals surface area contributed by atoms with Gasteiger partial charge in [0.15, 0.2) is 5.79 Å². The molecule has 0 aliphatic carbocycles. The number of amides is 2. The summed E-state index contributed by atoms with van der Waals surface area (Å²) in [5, 5.41) is 5.97. The van der Waals surface area contributed by atoms with Gasteiger partial charge in [0.25, 0.3) is 5.91 Å². The van der Waals surface area contributed by atoms with Crippen LogP contribution >= 0.6 is 0 Å². The Morgan fingerprint density at radius 1 is 0.918 bits per heavy atom.